The molecule has 0 aromatic heterocycles. The Labute approximate surface area is 125 Å². The minimum atomic E-state index is -0.831. The monoisotopic (exact) mass is 282 g/mol. The Hall–Kier alpha value is -0.790. The van der Waals surface area contributed by atoms with Crippen molar-refractivity contribution < 1.29 is 9.90 Å². The maximum absolute atomic E-state index is 10.7. The second kappa shape index (κ2) is 10.9. The first-order chi connectivity index (χ1) is 9.40. The number of unbranched alkanes of at least 4 members (excludes halogenated alkanes) is 8. The van der Waals surface area contributed by atoms with Gasteiger partial charge >= 0.3 is 5.97 Å². The Morgan fingerprint density at radius 3 is 1.85 bits per heavy atom. The van der Waals surface area contributed by atoms with E-state index in [1.54, 1.807) is 0 Å². The number of hydrogen-bond donors (Lipinski definition) is 1. The number of allylic oxidation sites excluding steroid dienone is 1. The van der Waals surface area contributed by atoms with Crippen LogP contribution in [0.1, 0.15) is 91.9 Å². The van der Waals surface area contributed by atoms with Gasteiger partial charge in [0.2, 0.25) is 0 Å². The van der Waals surface area contributed by atoms with Crippen LogP contribution in [-0.4, -0.2) is 11.1 Å². The van der Waals surface area contributed by atoms with Crippen LogP contribution in [0.4, 0.5) is 0 Å². The maximum Gasteiger partial charge on any atom is 0.328 e. The molecule has 0 aliphatic carbocycles. The molecule has 1 N–H and O–H groups in total. The van der Waals surface area contributed by atoms with Crippen LogP contribution in [0, 0.1) is 5.41 Å². The lowest BCUT2D eigenvalue weighted by Gasteiger charge is -2.25. The molecule has 0 bridgehead atoms. The third-order valence-electron chi connectivity index (χ3n) is 4.31. The van der Waals surface area contributed by atoms with Crippen LogP contribution >= 0.6 is 0 Å². The first kappa shape index (κ1) is 19.2. The van der Waals surface area contributed by atoms with E-state index in [0.29, 0.717) is 0 Å². The minimum absolute atomic E-state index is 0.0134. The zero-order chi connectivity index (χ0) is 15.4. The van der Waals surface area contributed by atoms with Crippen molar-refractivity contribution >= 4 is 5.97 Å². The van der Waals surface area contributed by atoms with Gasteiger partial charge in [-0.3, -0.25) is 0 Å². The summed E-state index contributed by atoms with van der Waals surface area (Å²) in [4.78, 5) is 10.7. The van der Waals surface area contributed by atoms with Gasteiger partial charge in [-0.1, -0.05) is 84.1 Å². The molecule has 0 aromatic carbocycles. The summed E-state index contributed by atoms with van der Waals surface area (Å²) in [5, 5.41) is 8.80. The van der Waals surface area contributed by atoms with Crippen molar-refractivity contribution in [1.29, 1.82) is 0 Å². The quantitative estimate of drug-likeness (QED) is 0.354. The van der Waals surface area contributed by atoms with E-state index in [2.05, 4.69) is 20.8 Å². The van der Waals surface area contributed by atoms with Crippen LogP contribution in [-0.2, 0) is 4.79 Å². The van der Waals surface area contributed by atoms with Crippen molar-refractivity contribution in [2.45, 2.75) is 91.9 Å². The molecule has 118 valence electrons. The predicted octanol–water partition coefficient (Wildman–Crippen LogP) is 5.96. The number of rotatable bonds is 12. The van der Waals surface area contributed by atoms with Gasteiger partial charge in [0.25, 0.3) is 0 Å². The number of aliphatic carboxylic acids is 1. The van der Waals surface area contributed by atoms with Crippen molar-refractivity contribution in [2.24, 2.45) is 5.41 Å². The third-order valence-corrected chi connectivity index (χ3v) is 4.31. The van der Waals surface area contributed by atoms with E-state index in [-0.39, 0.29) is 5.41 Å². The summed E-state index contributed by atoms with van der Waals surface area (Å²) < 4.78 is 0. The fourth-order valence-corrected chi connectivity index (χ4v) is 2.46. The fourth-order valence-electron chi connectivity index (χ4n) is 2.46. The molecule has 0 aliphatic rings. The lowest BCUT2D eigenvalue weighted by atomic mass is 9.80. The Kier molecular flexibility index (Phi) is 10.5. The standard InChI is InChI=1S/C18H34O2/c1-5-6-7-8-9-10-11-12-13-14-18(3,4)16(2)15-17(19)20/h15H,5-14H2,1-4H3,(H,19,20). The van der Waals surface area contributed by atoms with E-state index >= 15 is 0 Å². The zero-order valence-electron chi connectivity index (χ0n) is 14.0. The summed E-state index contributed by atoms with van der Waals surface area (Å²) in [7, 11) is 0. The smallest absolute Gasteiger partial charge is 0.328 e. The molecule has 20 heavy (non-hydrogen) atoms. The first-order valence-electron chi connectivity index (χ1n) is 8.32. The largest absolute Gasteiger partial charge is 0.478 e. The second-order valence-electron chi connectivity index (χ2n) is 6.63. The first-order valence-corrected chi connectivity index (χ1v) is 8.32. The van der Waals surface area contributed by atoms with Crippen LogP contribution in [0.15, 0.2) is 11.6 Å². The van der Waals surface area contributed by atoms with Gasteiger partial charge in [-0.05, 0) is 18.8 Å². The maximum atomic E-state index is 10.7. The van der Waals surface area contributed by atoms with Crippen LogP contribution in [0.3, 0.4) is 0 Å². The molecular weight excluding hydrogens is 248 g/mol. The van der Waals surface area contributed by atoms with E-state index in [1.165, 1.54) is 63.9 Å². The number of carboxylic acid groups (broad SMARTS) is 1. The molecule has 0 aromatic rings. The van der Waals surface area contributed by atoms with Gasteiger partial charge in [-0.25, -0.2) is 4.79 Å². The summed E-state index contributed by atoms with van der Waals surface area (Å²) >= 11 is 0. The average molecular weight is 282 g/mol. The summed E-state index contributed by atoms with van der Waals surface area (Å²) in [6.45, 7) is 8.48. The Morgan fingerprint density at radius 1 is 0.950 bits per heavy atom. The highest BCUT2D eigenvalue weighted by molar-refractivity contribution is 5.80. The molecule has 0 rings (SSSR count). The molecule has 0 saturated heterocycles. The third kappa shape index (κ3) is 10.1. The van der Waals surface area contributed by atoms with Gasteiger partial charge in [-0.2, -0.15) is 0 Å². The molecule has 0 amide bonds. The number of carbonyl (C=O) groups is 1. The Morgan fingerprint density at radius 2 is 1.40 bits per heavy atom. The molecule has 0 radical (unpaired) electrons. The van der Waals surface area contributed by atoms with Gasteiger partial charge in [0.15, 0.2) is 0 Å². The van der Waals surface area contributed by atoms with Crippen LogP contribution in [0.5, 0.6) is 0 Å². The van der Waals surface area contributed by atoms with Crippen LogP contribution < -0.4 is 0 Å². The van der Waals surface area contributed by atoms with Crippen molar-refractivity contribution in [3.8, 4) is 0 Å². The highest BCUT2D eigenvalue weighted by atomic mass is 16.4. The highest BCUT2D eigenvalue weighted by Crippen LogP contribution is 2.32. The van der Waals surface area contributed by atoms with Crippen molar-refractivity contribution in [2.75, 3.05) is 0 Å². The van der Waals surface area contributed by atoms with Gasteiger partial charge in [-0.15, -0.1) is 0 Å². The molecule has 2 heteroatoms. The Bertz CT molecular complexity index is 290. The van der Waals surface area contributed by atoms with Gasteiger partial charge in [0.05, 0.1) is 0 Å². The van der Waals surface area contributed by atoms with Crippen molar-refractivity contribution in [3.05, 3.63) is 11.6 Å². The molecular formula is C18H34O2. The number of hydrogen-bond acceptors (Lipinski definition) is 1. The van der Waals surface area contributed by atoms with E-state index in [0.717, 1.165) is 12.0 Å². The normalized spacial score (nSPS) is 12.7. The molecule has 0 aliphatic heterocycles. The second-order valence-corrected chi connectivity index (χ2v) is 6.63. The number of carboxylic acids is 1. The van der Waals surface area contributed by atoms with Gasteiger partial charge in [0.1, 0.15) is 0 Å². The SMILES string of the molecule is CCCCCCCCCCCC(C)(C)C(C)=CC(=O)O. The highest BCUT2D eigenvalue weighted by Gasteiger charge is 2.20. The predicted molar refractivity (Wildman–Crippen MR) is 87.0 cm³/mol. The average Bonchev–Trinajstić information content (AvgIpc) is 2.36. The minimum Gasteiger partial charge on any atom is -0.478 e. The van der Waals surface area contributed by atoms with E-state index in [4.69, 9.17) is 5.11 Å². The van der Waals surface area contributed by atoms with Crippen LogP contribution in [0.25, 0.3) is 0 Å². The molecule has 2 nitrogen and oxygen atoms in total. The lowest BCUT2D eigenvalue weighted by molar-refractivity contribution is -0.131. The summed E-state index contributed by atoms with van der Waals surface area (Å²) in [5.41, 5.74) is 0.990. The zero-order valence-corrected chi connectivity index (χ0v) is 14.0. The molecule has 0 unspecified atom stereocenters. The molecule has 0 heterocycles. The molecule has 0 spiro atoms. The van der Waals surface area contributed by atoms with Crippen molar-refractivity contribution in [3.63, 3.8) is 0 Å². The van der Waals surface area contributed by atoms with E-state index in [1.807, 2.05) is 6.92 Å². The van der Waals surface area contributed by atoms with Crippen LogP contribution in [0.2, 0.25) is 0 Å². The topological polar surface area (TPSA) is 37.3 Å². The molecule has 0 saturated carbocycles. The lowest BCUT2D eigenvalue weighted by Crippen LogP contribution is -2.14. The van der Waals surface area contributed by atoms with Crippen molar-refractivity contribution in [1.82, 2.24) is 0 Å². The van der Waals surface area contributed by atoms with Gasteiger partial charge in [0, 0.05) is 6.08 Å². The molecule has 0 fully saturated rings. The Balaban J connectivity index is 3.66. The summed E-state index contributed by atoms with van der Waals surface area (Å²) in [5.74, 6) is -0.831. The fraction of sp³-hybridized carbons (Fsp3) is 0.833. The summed E-state index contributed by atoms with van der Waals surface area (Å²) in [6, 6.07) is 0. The molecule has 0 atom stereocenters. The summed E-state index contributed by atoms with van der Waals surface area (Å²) in [6.07, 6.45) is 14.4. The van der Waals surface area contributed by atoms with E-state index in [9.17, 15) is 4.79 Å². The van der Waals surface area contributed by atoms with Gasteiger partial charge < -0.3 is 5.11 Å². The van der Waals surface area contributed by atoms with E-state index < -0.39 is 5.97 Å².